The van der Waals surface area contributed by atoms with E-state index < -0.39 is 0 Å². The van der Waals surface area contributed by atoms with Crippen LogP contribution < -0.4 is 10.6 Å². The number of nitrogens with one attached hydrogen (secondary N) is 1. The molecule has 4 heteroatoms. The normalized spacial score (nSPS) is 18.7. The zero-order chi connectivity index (χ0) is 13.3. The summed E-state index contributed by atoms with van der Waals surface area (Å²) in [6, 6.07) is 4.50. The Bertz CT molecular complexity index is 458. The van der Waals surface area contributed by atoms with E-state index in [9.17, 15) is 4.39 Å². The topological polar surface area (TPSA) is 53.1 Å². The van der Waals surface area contributed by atoms with Gasteiger partial charge in [0.05, 0.1) is 0 Å². The first-order valence-electron chi connectivity index (χ1n) is 6.28. The molecule has 3 N–H and O–H groups in total. The van der Waals surface area contributed by atoms with Gasteiger partial charge in [0, 0.05) is 24.3 Å². The van der Waals surface area contributed by atoms with Crippen LogP contribution in [0.5, 0.6) is 0 Å². The Balaban J connectivity index is 2.26. The van der Waals surface area contributed by atoms with Crippen molar-refractivity contribution < 1.29 is 4.39 Å². The molecule has 1 aliphatic heterocycles. The van der Waals surface area contributed by atoms with Gasteiger partial charge in [-0.3, -0.25) is 5.41 Å². The van der Waals surface area contributed by atoms with Crippen LogP contribution in [-0.4, -0.2) is 18.9 Å². The van der Waals surface area contributed by atoms with Gasteiger partial charge in [0.25, 0.3) is 0 Å². The van der Waals surface area contributed by atoms with Crippen LogP contribution in [0.1, 0.15) is 32.3 Å². The van der Waals surface area contributed by atoms with Crippen LogP contribution in [0.15, 0.2) is 18.2 Å². The third-order valence-electron chi connectivity index (χ3n) is 3.71. The highest BCUT2D eigenvalue weighted by Gasteiger charge is 2.26. The largest absolute Gasteiger partial charge is 0.384 e. The minimum absolute atomic E-state index is 0.0747. The first kappa shape index (κ1) is 12.9. The summed E-state index contributed by atoms with van der Waals surface area (Å²) < 4.78 is 13.2. The summed E-state index contributed by atoms with van der Waals surface area (Å²) in [6.45, 7) is 6.39. The minimum atomic E-state index is -0.346. The second-order valence-electron chi connectivity index (χ2n) is 5.73. The first-order chi connectivity index (χ1) is 8.39. The molecular weight excluding hydrogens is 229 g/mol. The fraction of sp³-hybridized carbons (Fsp3) is 0.500. The van der Waals surface area contributed by atoms with E-state index >= 15 is 0 Å². The Kier molecular flexibility index (Phi) is 3.28. The van der Waals surface area contributed by atoms with E-state index in [0.29, 0.717) is 11.0 Å². The quantitative estimate of drug-likeness (QED) is 0.625. The van der Waals surface area contributed by atoms with Gasteiger partial charge in [-0.2, -0.15) is 0 Å². The van der Waals surface area contributed by atoms with Crippen LogP contribution in [0.2, 0.25) is 0 Å². The maximum absolute atomic E-state index is 13.2. The zero-order valence-electron chi connectivity index (χ0n) is 11.0. The molecule has 1 aliphatic rings. The van der Waals surface area contributed by atoms with Crippen molar-refractivity contribution in [2.24, 2.45) is 11.1 Å². The molecule has 1 aromatic carbocycles. The molecule has 1 aromatic rings. The number of benzene rings is 1. The molecule has 0 saturated carbocycles. The van der Waals surface area contributed by atoms with Crippen molar-refractivity contribution in [3.63, 3.8) is 0 Å². The van der Waals surface area contributed by atoms with Crippen LogP contribution in [0, 0.1) is 16.6 Å². The number of anilines is 1. The van der Waals surface area contributed by atoms with Crippen molar-refractivity contribution >= 4 is 11.5 Å². The smallest absolute Gasteiger partial charge is 0.125 e. The molecule has 0 unspecified atom stereocenters. The molecule has 2 rings (SSSR count). The lowest BCUT2D eigenvalue weighted by atomic mass is 9.82. The Hall–Kier alpha value is -1.58. The fourth-order valence-electron chi connectivity index (χ4n) is 2.35. The van der Waals surface area contributed by atoms with Crippen LogP contribution in [0.25, 0.3) is 0 Å². The number of amidine groups is 1. The molecule has 1 saturated heterocycles. The maximum Gasteiger partial charge on any atom is 0.125 e. The molecule has 0 aliphatic carbocycles. The van der Waals surface area contributed by atoms with Crippen LogP contribution in [0.4, 0.5) is 10.1 Å². The van der Waals surface area contributed by atoms with E-state index in [0.717, 1.165) is 31.6 Å². The van der Waals surface area contributed by atoms with Crippen LogP contribution >= 0.6 is 0 Å². The predicted octanol–water partition coefficient (Wildman–Crippen LogP) is 2.74. The maximum atomic E-state index is 13.2. The number of hydrogen-bond acceptors (Lipinski definition) is 2. The van der Waals surface area contributed by atoms with E-state index in [4.69, 9.17) is 11.1 Å². The Morgan fingerprint density at radius 2 is 1.94 bits per heavy atom. The molecule has 98 valence electrons. The number of halogens is 1. The van der Waals surface area contributed by atoms with Crippen LogP contribution in [-0.2, 0) is 0 Å². The van der Waals surface area contributed by atoms with E-state index in [1.54, 1.807) is 6.07 Å². The van der Waals surface area contributed by atoms with Crippen LogP contribution in [0.3, 0.4) is 0 Å². The van der Waals surface area contributed by atoms with Crippen molar-refractivity contribution in [1.29, 1.82) is 5.41 Å². The summed E-state index contributed by atoms with van der Waals surface area (Å²) in [5, 5.41) is 7.55. The molecule has 18 heavy (non-hydrogen) atoms. The minimum Gasteiger partial charge on any atom is -0.384 e. The van der Waals surface area contributed by atoms with Gasteiger partial charge in [0.2, 0.25) is 0 Å². The Labute approximate surface area is 107 Å². The SMILES string of the molecule is CC1(C)CCN(c2ccc(F)cc2C(=N)N)CC1. The molecule has 0 spiro atoms. The summed E-state index contributed by atoms with van der Waals surface area (Å²) in [6.07, 6.45) is 2.20. The standard InChI is InChI=1S/C14H20FN3/c1-14(2)5-7-18(8-6-14)12-4-3-10(15)9-11(12)13(16)17/h3-4,9H,5-8H2,1-2H3,(H3,16,17). The Morgan fingerprint density at radius 1 is 1.33 bits per heavy atom. The monoisotopic (exact) mass is 249 g/mol. The number of hydrogen-bond donors (Lipinski definition) is 2. The van der Waals surface area contributed by atoms with Gasteiger partial charge in [-0.05, 0) is 36.5 Å². The third kappa shape index (κ3) is 2.63. The van der Waals surface area contributed by atoms with Gasteiger partial charge in [-0.25, -0.2) is 4.39 Å². The second-order valence-corrected chi connectivity index (χ2v) is 5.73. The van der Waals surface area contributed by atoms with Gasteiger partial charge >= 0.3 is 0 Å². The molecule has 0 radical (unpaired) electrons. The lowest BCUT2D eigenvalue weighted by molar-refractivity contribution is 0.280. The lowest BCUT2D eigenvalue weighted by Gasteiger charge is -2.38. The molecule has 0 aromatic heterocycles. The number of nitrogens with zero attached hydrogens (tertiary/aromatic N) is 1. The highest BCUT2D eigenvalue weighted by atomic mass is 19.1. The molecule has 1 fully saturated rings. The van der Waals surface area contributed by atoms with Gasteiger partial charge in [-0.1, -0.05) is 13.8 Å². The third-order valence-corrected chi connectivity index (χ3v) is 3.71. The predicted molar refractivity (Wildman–Crippen MR) is 72.6 cm³/mol. The highest BCUT2D eigenvalue weighted by Crippen LogP contribution is 2.33. The van der Waals surface area contributed by atoms with Crippen molar-refractivity contribution in [1.82, 2.24) is 0 Å². The molecular formula is C14H20FN3. The summed E-state index contributed by atoms with van der Waals surface area (Å²) in [4.78, 5) is 2.20. The van der Waals surface area contributed by atoms with Gasteiger partial charge in [0.15, 0.2) is 0 Å². The molecule has 0 atom stereocenters. The van der Waals surface area contributed by atoms with E-state index in [-0.39, 0.29) is 11.7 Å². The molecule has 0 bridgehead atoms. The summed E-state index contributed by atoms with van der Waals surface area (Å²) in [7, 11) is 0. The number of rotatable bonds is 2. The number of piperidine rings is 1. The molecule has 3 nitrogen and oxygen atoms in total. The van der Waals surface area contributed by atoms with Gasteiger partial charge < -0.3 is 10.6 Å². The number of nitrogen functional groups attached to an aromatic ring is 1. The van der Waals surface area contributed by atoms with E-state index in [1.807, 2.05) is 0 Å². The van der Waals surface area contributed by atoms with Crippen molar-refractivity contribution in [2.75, 3.05) is 18.0 Å². The van der Waals surface area contributed by atoms with E-state index in [1.165, 1.54) is 12.1 Å². The average molecular weight is 249 g/mol. The summed E-state index contributed by atoms with van der Waals surface area (Å²) >= 11 is 0. The average Bonchev–Trinajstić information content (AvgIpc) is 2.29. The van der Waals surface area contributed by atoms with Gasteiger partial charge in [-0.15, -0.1) is 0 Å². The molecule has 1 heterocycles. The second kappa shape index (κ2) is 4.59. The summed E-state index contributed by atoms with van der Waals surface area (Å²) in [5.41, 5.74) is 7.27. The van der Waals surface area contributed by atoms with E-state index in [2.05, 4.69) is 18.7 Å². The first-order valence-corrected chi connectivity index (χ1v) is 6.28. The van der Waals surface area contributed by atoms with Crippen molar-refractivity contribution in [2.45, 2.75) is 26.7 Å². The Morgan fingerprint density at radius 3 is 2.50 bits per heavy atom. The fourth-order valence-corrected chi connectivity index (χ4v) is 2.35. The summed E-state index contributed by atoms with van der Waals surface area (Å²) in [5.74, 6) is -0.421. The highest BCUT2D eigenvalue weighted by molar-refractivity contribution is 6.00. The zero-order valence-corrected chi connectivity index (χ0v) is 11.0. The number of nitrogens with two attached hydrogens (primary N) is 1. The lowest BCUT2D eigenvalue weighted by Crippen LogP contribution is -2.38. The van der Waals surface area contributed by atoms with Crippen molar-refractivity contribution in [3.05, 3.63) is 29.6 Å². The molecule has 0 amide bonds. The van der Waals surface area contributed by atoms with Crippen molar-refractivity contribution in [3.8, 4) is 0 Å². The van der Waals surface area contributed by atoms with Gasteiger partial charge in [0.1, 0.15) is 11.7 Å².